The fraction of sp³-hybridized carbons (Fsp3) is 0.429. The Kier molecular flexibility index (Phi) is 9.58. The summed E-state index contributed by atoms with van der Waals surface area (Å²) in [6.07, 6.45) is 2.95. The summed E-state index contributed by atoms with van der Waals surface area (Å²) in [7, 11) is 1.61. The standard InChI is InChI=1S/C35H40ClN3O7/c1-43-27-7-4-23(5-8-27)21-44-28-9-10-29(34(42)39-14-2-3-30(39)33(37)41)32(18-28)45-22-26(40)20-38-15-12-35(13-16-38)19-24-17-25(36)6-11-31(24)46-35/h4-11,17-18,26,30,40H,2-3,12-16,19-22H2,1H3,(H2,37,41)/t26-,30+/m1/s1. The van der Waals surface area contributed by atoms with Crippen molar-refractivity contribution in [1.82, 2.24) is 9.80 Å². The predicted molar refractivity (Wildman–Crippen MR) is 173 cm³/mol. The number of carbonyl (C=O) groups is 2. The molecule has 11 heteroatoms. The first-order chi connectivity index (χ1) is 22.2. The van der Waals surface area contributed by atoms with Crippen molar-refractivity contribution in [2.45, 2.75) is 56.5 Å². The number of piperidine rings is 1. The van der Waals surface area contributed by atoms with Crippen molar-refractivity contribution >= 4 is 23.4 Å². The van der Waals surface area contributed by atoms with Gasteiger partial charge < -0.3 is 39.6 Å². The van der Waals surface area contributed by atoms with E-state index < -0.39 is 18.1 Å². The van der Waals surface area contributed by atoms with Crippen molar-refractivity contribution in [3.05, 3.63) is 82.4 Å². The molecule has 1 spiro atoms. The highest BCUT2D eigenvalue weighted by molar-refractivity contribution is 6.30. The van der Waals surface area contributed by atoms with Crippen LogP contribution in [0.25, 0.3) is 0 Å². The summed E-state index contributed by atoms with van der Waals surface area (Å²) in [6, 6.07) is 17.7. The molecule has 46 heavy (non-hydrogen) atoms. The number of aliphatic hydroxyl groups excluding tert-OH is 1. The zero-order valence-electron chi connectivity index (χ0n) is 26.0. The number of halogens is 1. The predicted octanol–water partition coefficient (Wildman–Crippen LogP) is 4.23. The lowest BCUT2D eigenvalue weighted by Crippen LogP contribution is -2.49. The van der Waals surface area contributed by atoms with Crippen LogP contribution >= 0.6 is 11.6 Å². The minimum Gasteiger partial charge on any atom is -0.497 e. The third-order valence-electron chi connectivity index (χ3n) is 9.12. The molecule has 0 radical (unpaired) electrons. The van der Waals surface area contributed by atoms with E-state index in [4.69, 9.17) is 36.3 Å². The average Bonchev–Trinajstić information content (AvgIpc) is 3.69. The number of fused-ring (bicyclic) bond motifs is 1. The van der Waals surface area contributed by atoms with Crippen LogP contribution in [0.2, 0.25) is 5.02 Å². The molecule has 3 aliphatic rings. The van der Waals surface area contributed by atoms with Gasteiger partial charge in [-0.15, -0.1) is 0 Å². The Labute approximate surface area is 273 Å². The first kappa shape index (κ1) is 32.0. The van der Waals surface area contributed by atoms with Crippen molar-refractivity contribution in [2.75, 3.05) is 39.9 Å². The third kappa shape index (κ3) is 7.19. The first-order valence-electron chi connectivity index (χ1n) is 15.7. The number of primary amides is 1. The molecule has 6 rings (SSSR count). The molecule has 10 nitrogen and oxygen atoms in total. The molecule has 244 valence electrons. The van der Waals surface area contributed by atoms with Crippen LogP contribution in [-0.2, 0) is 17.8 Å². The highest BCUT2D eigenvalue weighted by Gasteiger charge is 2.42. The molecule has 0 aromatic heterocycles. The van der Waals surface area contributed by atoms with Crippen molar-refractivity contribution in [3.8, 4) is 23.0 Å². The molecule has 2 fully saturated rings. The lowest BCUT2D eigenvalue weighted by Gasteiger charge is -2.39. The van der Waals surface area contributed by atoms with E-state index in [1.165, 1.54) is 4.90 Å². The van der Waals surface area contributed by atoms with Crippen molar-refractivity contribution < 1.29 is 33.6 Å². The monoisotopic (exact) mass is 649 g/mol. The molecule has 3 aromatic rings. The smallest absolute Gasteiger partial charge is 0.258 e. The van der Waals surface area contributed by atoms with Gasteiger partial charge in [0, 0.05) is 56.5 Å². The minimum atomic E-state index is -0.800. The van der Waals surface area contributed by atoms with Crippen LogP contribution in [0, 0.1) is 0 Å². The minimum absolute atomic E-state index is 0.0243. The zero-order valence-corrected chi connectivity index (χ0v) is 26.7. The number of hydrogen-bond donors (Lipinski definition) is 2. The van der Waals surface area contributed by atoms with E-state index in [9.17, 15) is 14.7 Å². The summed E-state index contributed by atoms with van der Waals surface area (Å²) in [5.41, 5.74) is 7.73. The van der Waals surface area contributed by atoms with Crippen LogP contribution in [0.4, 0.5) is 0 Å². The quantitative estimate of drug-likeness (QED) is 0.317. The van der Waals surface area contributed by atoms with Crippen LogP contribution in [0.15, 0.2) is 60.7 Å². The second-order valence-corrected chi connectivity index (χ2v) is 12.8. The van der Waals surface area contributed by atoms with Gasteiger partial charge in [0.25, 0.3) is 5.91 Å². The van der Waals surface area contributed by atoms with Gasteiger partial charge in [-0.2, -0.15) is 0 Å². The van der Waals surface area contributed by atoms with Gasteiger partial charge in [-0.05, 0) is 66.4 Å². The van der Waals surface area contributed by atoms with Gasteiger partial charge in [-0.1, -0.05) is 23.7 Å². The number of ether oxygens (including phenoxy) is 4. The Morgan fingerprint density at radius 3 is 2.54 bits per heavy atom. The van der Waals surface area contributed by atoms with Gasteiger partial charge >= 0.3 is 0 Å². The Bertz CT molecular complexity index is 1560. The van der Waals surface area contributed by atoms with E-state index in [0.717, 1.165) is 55.0 Å². The third-order valence-corrected chi connectivity index (χ3v) is 9.35. The fourth-order valence-corrected chi connectivity index (χ4v) is 6.79. The Balaban J connectivity index is 1.09. The van der Waals surface area contributed by atoms with E-state index in [2.05, 4.69) is 4.90 Å². The first-order valence-corrected chi connectivity index (χ1v) is 16.1. The molecule has 2 saturated heterocycles. The average molecular weight is 650 g/mol. The second kappa shape index (κ2) is 13.8. The molecule has 3 aromatic carbocycles. The Hall–Kier alpha value is -3.99. The fourth-order valence-electron chi connectivity index (χ4n) is 6.60. The highest BCUT2D eigenvalue weighted by Crippen LogP contribution is 2.42. The van der Waals surface area contributed by atoms with Gasteiger partial charge in [0.1, 0.15) is 54.0 Å². The van der Waals surface area contributed by atoms with Crippen LogP contribution in [0.1, 0.15) is 47.2 Å². The lowest BCUT2D eigenvalue weighted by atomic mass is 9.87. The summed E-state index contributed by atoms with van der Waals surface area (Å²) in [6.45, 7) is 2.68. The molecule has 2 amide bonds. The summed E-state index contributed by atoms with van der Waals surface area (Å²) < 4.78 is 23.7. The molecule has 0 aliphatic carbocycles. The van der Waals surface area contributed by atoms with E-state index in [-0.39, 0.29) is 29.4 Å². The molecule has 3 heterocycles. The normalized spacial score (nSPS) is 19.4. The molecular formula is C35H40ClN3O7. The molecule has 2 atom stereocenters. The number of rotatable bonds is 11. The summed E-state index contributed by atoms with van der Waals surface area (Å²) in [4.78, 5) is 29.3. The number of nitrogens with two attached hydrogens (primary N) is 1. The number of benzene rings is 3. The zero-order chi connectivity index (χ0) is 32.3. The van der Waals surface area contributed by atoms with Crippen LogP contribution in [0.3, 0.4) is 0 Å². The molecule has 0 unspecified atom stereocenters. The number of hydrogen-bond acceptors (Lipinski definition) is 8. The van der Waals surface area contributed by atoms with E-state index in [1.807, 2.05) is 42.5 Å². The van der Waals surface area contributed by atoms with Crippen LogP contribution in [0.5, 0.6) is 23.0 Å². The van der Waals surface area contributed by atoms with Crippen LogP contribution in [-0.4, -0.2) is 84.4 Å². The van der Waals surface area contributed by atoms with Crippen molar-refractivity contribution in [3.63, 3.8) is 0 Å². The second-order valence-electron chi connectivity index (χ2n) is 12.3. The number of amides is 2. The van der Waals surface area contributed by atoms with Crippen LogP contribution < -0.4 is 24.7 Å². The largest absolute Gasteiger partial charge is 0.497 e. The maximum absolute atomic E-state index is 13.6. The van der Waals surface area contributed by atoms with E-state index >= 15 is 0 Å². The molecule has 3 N–H and O–H groups in total. The topological polar surface area (TPSA) is 124 Å². The van der Waals surface area contributed by atoms with Gasteiger partial charge in [0.15, 0.2) is 0 Å². The Morgan fingerprint density at radius 1 is 1.04 bits per heavy atom. The number of likely N-dealkylation sites (tertiary alicyclic amines) is 2. The van der Waals surface area contributed by atoms with E-state index in [1.54, 1.807) is 25.3 Å². The molecular weight excluding hydrogens is 610 g/mol. The molecule has 3 aliphatic heterocycles. The molecule has 0 saturated carbocycles. The maximum atomic E-state index is 13.6. The summed E-state index contributed by atoms with van der Waals surface area (Å²) in [5, 5.41) is 11.7. The van der Waals surface area contributed by atoms with Gasteiger partial charge in [-0.3, -0.25) is 9.59 Å². The lowest BCUT2D eigenvalue weighted by molar-refractivity contribution is -0.121. The number of aliphatic hydroxyl groups is 1. The number of carbonyl (C=O) groups excluding carboxylic acids is 2. The Morgan fingerprint density at radius 2 is 1.80 bits per heavy atom. The van der Waals surface area contributed by atoms with Crippen molar-refractivity contribution in [1.29, 1.82) is 0 Å². The summed E-state index contributed by atoms with van der Waals surface area (Å²) >= 11 is 6.19. The number of β-amino-alcohol motifs (C(OH)–C–C–N with tert-alkyl or cyclic N) is 1. The van der Waals surface area contributed by atoms with Crippen molar-refractivity contribution in [2.24, 2.45) is 5.73 Å². The molecule has 0 bridgehead atoms. The van der Waals surface area contributed by atoms with Gasteiger partial charge in [0.05, 0.1) is 12.7 Å². The van der Waals surface area contributed by atoms with E-state index in [0.29, 0.717) is 43.3 Å². The van der Waals surface area contributed by atoms with Gasteiger partial charge in [0.2, 0.25) is 5.91 Å². The van der Waals surface area contributed by atoms with Gasteiger partial charge in [-0.25, -0.2) is 0 Å². The highest BCUT2D eigenvalue weighted by atomic mass is 35.5. The SMILES string of the molecule is COc1ccc(COc2ccc(C(=O)N3CCC[C@H]3C(N)=O)c(OC[C@H](O)CN3CCC4(CC3)Cc3cc(Cl)ccc3O4)c2)cc1. The number of nitrogens with zero attached hydrogens (tertiary/aromatic N) is 2. The number of methoxy groups -OCH3 is 1. The maximum Gasteiger partial charge on any atom is 0.258 e. The summed E-state index contributed by atoms with van der Waals surface area (Å²) in [5.74, 6) is 1.58.